The van der Waals surface area contributed by atoms with Crippen LogP contribution in [0.25, 0.3) is 0 Å². The molecule has 1 aliphatic carbocycles. The van der Waals surface area contributed by atoms with E-state index in [1.807, 2.05) is 13.8 Å². The van der Waals surface area contributed by atoms with E-state index in [9.17, 15) is 0 Å². The Morgan fingerprint density at radius 3 is 2.12 bits per heavy atom. The van der Waals surface area contributed by atoms with Crippen LogP contribution < -0.4 is 15.2 Å². The third kappa shape index (κ3) is 1.55. The number of hydrogen-bond donors (Lipinski definition) is 1. The van der Waals surface area contributed by atoms with Crippen LogP contribution in [0.3, 0.4) is 0 Å². The SMILES string of the molecule is COc1c(C)cc(C2(N)CC2)c(C)c1OC. The first kappa shape index (κ1) is 11.3. The van der Waals surface area contributed by atoms with Crippen molar-refractivity contribution in [1.29, 1.82) is 0 Å². The van der Waals surface area contributed by atoms with Crippen molar-refractivity contribution in [2.24, 2.45) is 5.73 Å². The fourth-order valence-corrected chi connectivity index (χ4v) is 2.28. The molecule has 1 aromatic carbocycles. The molecule has 1 aromatic rings. The second-order valence-electron chi connectivity index (χ2n) is 4.59. The van der Waals surface area contributed by atoms with Gasteiger partial charge in [0.05, 0.1) is 14.2 Å². The Hall–Kier alpha value is -1.22. The fourth-order valence-electron chi connectivity index (χ4n) is 2.28. The summed E-state index contributed by atoms with van der Waals surface area (Å²) in [6, 6.07) is 2.13. The molecule has 0 saturated heterocycles. The van der Waals surface area contributed by atoms with Crippen molar-refractivity contribution in [3.63, 3.8) is 0 Å². The highest BCUT2D eigenvalue weighted by Crippen LogP contribution is 2.48. The third-order valence-corrected chi connectivity index (χ3v) is 3.40. The van der Waals surface area contributed by atoms with Crippen LogP contribution in [0.4, 0.5) is 0 Å². The van der Waals surface area contributed by atoms with Gasteiger partial charge in [-0.3, -0.25) is 0 Å². The van der Waals surface area contributed by atoms with Gasteiger partial charge in [0.25, 0.3) is 0 Å². The molecule has 0 radical (unpaired) electrons. The first-order valence-corrected chi connectivity index (χ1v) is 5.55. The van der Waals surface area contributed by atoms with Crippen molar-refractivity contribution in [2.75, 3.05) is 14.2 Å². The number of benzene rings is 1. The Balaban J connectivity index is 2.61. The van der Waals surface area contributed by atoms with Crippen molar-refractivity contribution in [1.82, 2.24) is 0 Å². The number of hydrogen-bond acceptors (Lipinski definition) is 3. The average Bonchev–Trinajstić information content (AvgIpc) is 2.99. The van der Waals surface area contributed by atoms with E-state index in [2.05, 4.69) is 6.07 Å². The second-order valence-corrected chi connectivity index (χ2v) is 4.59. The van der Waals surface area contributed by atoms with Gasteiger partial charge in [0.15, 0.2) is 11.5 Å². The summed E-state index contributed by atoms with van der Waals surface area (Å²) in [5.74, 6) is 1.63. The number of aryl methyl sites for hydroxylation is 1. The van der Waals surface area contributed by atoms with Crippen molar-refractivity contribution >= 4 is 0 Å². The zero-order valence-electron chi connectivity index (χ0n) is 10.4. The standard InChI is InChI=1S/C13H19NO2/c1-8-7-10(13(14)5-6-13)9(2)12(16-4)11(8)15-3/h7H,5-6,14H2,1-4H3. The molecule has 1 aliphatic rings. The molecule has 3 nitrogen and oxygen atoms in total. The largest absolute Gasteiger partial charge is 0.493 e. The molecule has 16 heavy (non-hydrogen) atoms. The summed E-state index contributed by atoms with van der Waals surface area (Å²) in [5, 5.41) is 0. The van der Waals surface area contributed by atoms with Gasteiger partial charge >= 0.3 is 0 Å². The molecule has 1 saturated carbocycles. The zero-order chi connectivity index (χ0) is 11.9. The van der Waals surface area contributed by atoms with Crippen LogP contribution in [0.2, 0.25) is 0 Å². The monoisotopic (exact) mass is 221 g/mol. The van der Waals surface area contributed by atoms with E-state index in [4.69, 9.17) is 15.2 Å². The van der Waals surface area contributed by atoms with Crippen molar-refractivity contribution in [3.8, 4) is 11.5 Å². The normalized spacial score (nSPS) is 17.1. The maximum absolute atomic E-state index is 6.26. The lowest BCUT2D eigenvalue weighted by molar-refractivity contribution is 0.350. The molecule has 1 fully saturated rings. The van der Waals surface area contributed by atoms with Gasteiger partial charge in [-0.1, -0.05) is 6.07 Å². The van der Waals surface area contributed by atoms with Crippen LogP contribution in [-0.2, 0) is 5.54 Å². The van der Waals surface area contributed by atoms with Crippen LogP contribution in [0.15, 0.2) is 6.07 Å². The summed E-state index contributed by atoms with van der Waals surface area (Å²) >= 11 is 0. The molecule has 88 valence electrons. The van der Waals surface area contributed by atoms with Crippen LogP contribution in [0.5, 0.6) is 11.5 Å². The summed E-state index contributed by atoms with van der Waals surface area (Å²) in [4.78, 5) is 0. The van der Waals surface area contributed by atoms with Gasteiger partial charge < -0.3 is 15.2 Å². The predicted molar refractivity (Wildman–Crippen MR) is 64.1 cm³/mol. The Morgan fingerprint density at radius 1 is 1.12 bits per heavy atom. The molecule has 0 spiro atoms. The van der Waals surface area contributed by atoms with Gasteiger partial charge in [-0.25, -0.2) is 0 Å². The maximum atomic E-state index is 6.26. The van der Waals surface area contributed by atoms with E-state index in [0.717, 1.165) is 35.5 Å². The van der Waals surface area contributed by atoms with Gasteiger partial charge in [-0.05, 0) is 43.4 Å². The lowest BCUT2D eigenvalue weighted by Gasteiger charge is -2.20. The predicted octanol–water partition coefficient (Wildman–Crippen LogP) is 2.27. The summed E-state index contributed by atoms with van der Waals surface area (Å²) < 4.78 is 10.8. The minimum atomic E-state index is -0.131. The second kappa shape index (κ2) is 3.67. The average molecular weight is 221 g/mol. The highest BCUT2D eigenvalue weighted by atomic mass is 16.5. The minimum absolute atomic E-state index is 0.131. The molecule has 2 N–H and O–H groups in total. The Bertz CT molecular complexity index is 422. The van der Waals surface area contributed by atoms with E-state index in [1.165, 1.54) is 5.56 Å². The third-order valence-electron chi connectivity index (χ3n) is 3.40. The highest BCUT2D eigenvalue weighted by Gasteiger charge is 2.42. The van der Waals surface area contributed by atoms with Crippen LogP contribution in [0, 0.1) is 13.8 Å². The summed E-state index contributed by atoms with van der Waals surface area (Å²) in [6.07, 6.45) is 2.12. The van der Waals surface area contributed by atoms with Gasteiger partial charge in [-0.15, -0.1) is 0 Å². The first-order valence-electron chi connectivity index (χ1n) is 5.55. The Labute approximate surface area is 96.5 Å². The lowest BCUT2D eigenvalue weighted by atomic mass is 9.96. The van der Waals surface area contributed by atoms with Crippen LogP contribution in [0.1, 0.15) is 29.5 Å². The molecule has 0 aromatic heterocycles. The quantitative estimate of drug-likeness (QED) is 0.851. The van der Waals surface area contributed by atoms with Gasteiger partial charge in [0.2, 0.25) is 0 Å². The summed E-state index contributed by atoms with van der Waals surface area (Å²) in [6.45, 7) is 4.07. The molecule has 0 unspecified atom stereocenters. The number of rotatable bonds is 3. The van der Waals surface area contributed by atoms with E-state index in [-0.39, 0.29) is 5.54 Å². The van der Waals surface area contributed by atoms with Crippen LogP contribution >= 0.6 is 0 Å². The molecule has 0 heterocycles. The van der Waals surface area contributed by atoms with Crippen molar-refractivity contribution < 1.29 is 9.47 Å². The summed E-state index contributed by atoms with van der Waals surface area (Å²) in [5.41, 5.74) is 9.50. The highest BCUT2D eigenvalue weighted by molar-refractivity contribution is 5.57. The smallest absolute Gasteiger partial charge is 0.164 e. The molecule has 2 rings (SSSR count). The Morgan fingerprint density at radius 2 is 1.69 bits per heavy atom. The summed E-state index contributed by atoms with van der Waals surface area (Å²) in [7, 11) is 3.34. The zero-order valence-corrected chi connectivity index (χ0v) is 10.4. The topological polar surface area (TPSA) is 44.5 Å². The molecule has 0 atom stereocenters. The number of methoxy groups -OCH3 is 2. The molecule has 0 amide bonds. The molecule has 0 bridgehead atoms. The molecular formula is C13H19NO2. The van der Waals surface area contributed by atoms with Crippen LogP contribution in [-0.4, -0.2) is 14.2 Å². The van der Waals surface area contributed by atoms with Gasteiger partial charge in [0, 0.05) is 5.54 Å². The minimum Gasteiger partial charge on any atom is -0.493 e. The van der Waals surface area contributed by atoms with Gasteiger partial charge in [-0.2, -0.15) is 0 Å². The first-order chi connectivity index (χ1) is 7.53. The van der Waals surface area contributed by atoms with Crippen molar-refractivity contribution in [2.45, 2.75) is 32.2 Å². The maximum Gasteiger partial charge on any atom is 0.164 e. The number of nitrogens with two attached hydrogens (primary N) is 1. The molecule has 0 aliphatic heterocycles. The Kier molecular flexibility index (Phi) is 2.58. The lowest BCUT2D eigenvalue weighted by Crippen LogP contribution is -2.20. The van der Waals surface area contributed by atoms with E-state index < -0.39 is 0 Å². The van der Waals surface area contributed by atoms with Gasteiger partial charge in [0.1, 0.15) is 0 Å². The van der Waals surface area contributed by atoms with Crippen molar-refractivity contribution in [3.05, 3.63) is 22.8 Å². The fraction of sp³-hybridized carbons (Fsp3) is 0.538. The van der Waals surface area contributed by atoms with E-state index >= 15 is 0 Å². The van der Waals surface area contributed by atoms with E-state index in [1.54, 1.807) is 14.2 Å². The molecule has 3 heteroatoms. The van der Waals surface area contributed by atoms with E-state index in [0.29, 0.717) is 0 Å². The molecular weight excluding hydrogens is 202 g/mol. The number of ether oxygens (including phenoxy) is 2.